The van der Waals surface area contributed by atoms with Crippen LogP contribution in [-0.2, 0) is 17.6 Å². The number of ether oxygens (including phenoxy) is 1. The molecule has 1 heterocycles. The molecule has 1 amide bonds. The minimum atomic E-state index is -0.314. The van der Waals surface area contributed by atoms with Crippen molar-refractivity contribution in [1.29, 1.82) is 5.26 Å². The van der Waals surface area contributed by atoms with Gasteiger partial charge in [0.2, 0.25) is 5.91 Å². The molecule has 1 atom stereocenters. The number of carbonyl (C=O) groups is 1. The number of aromatic nitrogens is 1. The predicted octanol–water partition coefficient (Wildman–Crippen LogP) is 4.74. The van der Waals surface area contributed by atoms with Crippen molar-refractivity contribution in [3.63, 3.8) is 0 Å². The molecule has 3 rings (SSSR count). The van der Waals surface area contributed by atoms with Gasteiger partial charge in [0, 0.05) is 11.4 Å². The van der Waals surface area contributed by atoms with Crippen LogP contribution in [0.3, 0.4) is 0 Å². The third-order valence-corrected chi connectivity index (χ3v) is 6.28. The zero-order valence-electron chi connectivity index (χ0n) is 16.3. The zero-order valence-corrected chi connectivity index (χ0v) is 17.1. The minimum Gasteiger partial charge on any atom is -0.497 e. The number of hydrogen-bond donors (Lipinski definition) is 1. The number of hydrogen-bond acceptors (Lipinski definition) is 5. The van der Waals surface area contributed by atoms with Gasteiger partial charge in [-0.2, -0.15) is 5.26 Å². The first kappa shape index (κ1) is 20.2. The SMILES string of the molecule is CCC(Sc1nc2c(cc1C#N)CCCCC2)C(=O)Nc1ccc(OC)cc1. The Bertz CT molecular complexity index is 875. The Morgan fingerprint density at radius 2 is 2.04 bits per heavy atom. The molecule has 0 radical (unpaired) electrons. The Kier molecular flexibility index (Phi) is 6.94. The zero-order chi connectivity index (χ0) is 19.9. The number of methoxy groups -OCH3 is 1. The number of thioether (sulfide) groups is 1. The van der Waals surface area contributed by atoms with E-state index >= 15 is 0 Å². The molecular weight excluding hydrogens is 370 g/mol. The van der Waals surface area contributed by atoms with Crippen molar-refractivity contribution in [1.82, 2.24) is 4.98 Å². The second-order valence-electron chi connectivity index (χ2n) is 6.85. The van der Waals surface area contributed by atoms with Crippen molar-refractivity contribution in [3.05, 3.63) is 47.2 Å². The lowest BCUT2D eigenvalue weighted by Crippen LogP contribution is -2.24. The van der Waals surface area contributed by atoms with Crippen LogP contribution < -0.4 is 10.1 Å². The average molecular weight is 396 g/mol. The standard InChI is InChI=1S/C22H25N3O2S/c1-3-20(21(26)24-17-9-11-18(27-2)12-10-17)28-22-16(14-23)13-15-7-5-4-6-8-19(15)25-22/h9-13,20H,3-8H2,1-2H3,(H,24,26). The van der Waals surface area contributed by atoms with Crippen LogP contribution in [-0.4, -0.2) is 23.3 Å². The summed E-state index contributed by atoms with van der Waals surface area (Å²) in [5, 5.41) is 12.9. The second-order valence-corrected chi connectivity index (χ2v) is 8.04. The van der Waals surface area contributed by atoms with Crippen LogP contribution in [0.4, 0.5) is 5.69 Å². The van der Waals surface area contributed by atoms with E-state index < -0.39 is 0 Å². The molecule has 1 aromatic carbocycles. The molecule has 0 aliphatic heterocycles. The first-order valence-corrected chi connectivity index (χ1v) is 10.6. The average Bonchev–Trinajstić information content (AvgIpc) is 2.96. The first-order chi connectivity index (χ1) is 13.6. The normalized spacial score (nSPS) is 14.3. The fourth-order valence-corrected chi connectivity index (χ4v) is 4.31. The van der Waals surface area contributed by atoms with E-state index in [-0.39, 0.29) is 11.2 Å². The lowest BCUT2D eigenvalue weighted by atomic mass is 10.1. The topological polar surface area (TPSA) is 75.0 Å². The van der Waals surface area contributed by atoms with E-state index in [1.54, 1.807) is 7.11 Å². The molecule has 5 nitrogen and oxygen atoms in total. The maximum absolute atomic E-state index is 12.8. The monoisotopic (exact) mass is 395 g/mol. The van der Waals surface area contributed by atoms with Crippen molar-refractivity contribution in [3.8, 4) is 11.8 Å². The number of amides is 1. The lowest BCUT2D eigenvalue weighted by Gasteiger charge is -2.16. The number of benzene rings is 1. The molecule has 28 heavy (non-hydrogen) atoms. The minimum absolute atomic E-state index is 0.0849. The summed E-state index contributed by atoms with van der Waals surface area (Å²) < 4.78 is 5.15. The van der Waals surface area contributed by atoms with Crippen LogP contribution in [0, 0.1) is 11.3 Å². The van der Waals surface area contributed by atoms with Gasteiger partial charge in [0.05, 0.1) is 17.9 Å². The van der Waals surface area contributed by atoms with Gasteiger partial charge in [-0.05, 0) is 68.0 Å². The Morgan fingerprint density at radius 1 is 1.29 bits per heavy atom. The highest BCUT2D eigenvalue weighted by Gasteiger charge is 2.22. The Morgan fingerprint density at radius 3 is 2.71 bits per heavy atom. The Hall–Kier alpha value is -2.52. The van der Waals surface area contributed by atoms with E-state index in [9.17, 15) is 10.1 Å². The van der Waals surface area contributed by atoms with E-state index in [4.69, 9.17) is 9.72 Å². The van der Waals surface area contributed by atoms with Crippen LogP contribution in [0.25, 0.3) is 0 Å². The quantitative estimate of drug-likeness (QED) is 0.565. The van der Waals surface area contributed by atoms with Crippen LogP contribution >= 0.6 is 11.8 Å². The molecule has 0 bridgehead atoms. The molecule has 6 heteroatoms. The highest BCUT2D eigenvalue weighted by Crippen LogP contribution is 2.31. The molecule has 0 fully saturated rings. The molecule has 1 N–H and O–H groups in total. The van der Waals surface area contributed by atoms with E-state index in [0.29, 0.717) is 17.0 Å². The van der Waals surface area contributed by atoms with Gasteiger partial charge in [0.25, 0.3) is 0 Å². The van der Waals surface area contributed by atoms with Crippen LogP contribution in [0.5, 0.6) is 5.75 Å². The van der Waals surface area contributed by atoms with Crippen molar-refractivity contribution >= 4 is 23.4 Å². The molecule has 0 spiro atoms. The maximum atomic E-state index is 12.8. The summed E-state index contributed by atoms with van der Waals surface area (Å²) in [6.07, 6.45) is 6.05. The van der Waals surface area contributed by atoms with Crippen LogP contribution in [0.2, 0.25) is 0 Å². The van der Waals surface area contributed by atoms with Gasteiger partial charge in [-0.3, -0.25) is 4.79 Å². The number of fused-ring (bicyclic) bond motifs is 1. The van der Waals surface area contributed by atoms with Crippen LogP contribution in [0.15, 0.2) is 35.4 Å². The predicted molar refractivity (Wildman–Crippen MR) is 112 cm³/mol. The summed E-state index contributed by atoms with van der Waals surface area (Å²) in [6, 6.07) is 11.5. The smallest absolute Gasteiger partial charge is 0.237 e. The van der Waals surface area contributed by atoms with Gasteiger partial charge < -0.3 is 10.1 Å². The van der Waals surface area contributed by atoms with E-state index in [1.165, 1.54) is 23.7 Å². The summed E-state index contributed by atoms with van der Waals surface area (Å²) in [7, 11) is 1.61. The Labute approximate surface area is 170 Å². The van der Waals surface area contributed by atoms with Gasteiger partial charge in [0.15, 0.2) is 0 Å². The maximum Gasteiger partial charge on any atom is 0.237 e. The lowest BCUT2D eigenvalue weighted by molar-refractivity contribution is -0.115. The number of aryl methyl sites for hydroxylation is 2. The van der Waals surface area contributed by atoms with E-state index in [2.05, 4.69) is 11.4 Å². The number of nitriles is 1. The molecule has 146 valence electrons. The Balaban J connectivity index is 1.76. The fourth-order valence-electron chi connectivity index (χ4n) is 3.32. The van der Waals surface area contributed by atoms with Crippen molar-refractivity contribution in [2.75, 3.05) is 12.4 Å². The largest absolute Gasteiger partial charge is 0.497 e. The highest BCUT2D eigenvalue weighted by atomic mass is 32.2. The molecular formula is C22H25N3O2S. The molecule has 0 saturated heterocycles. The van der Waals surface area contributed by atoms with E-state index in [0.717, 1.165) is 42.8 Å². The summed E-state index contributed by atoms with van der Waals surface area (Å²) >= 11 is 1.38. The van der Waals surface area contributed by atoms with Crippen molar-refractivity contribution in [2.45, 2.75) is 55.7 Å². The third-order valence-electron chi connectivity index (χ3n) is 4.91. The van der Waals surface area contributed by atoms with Gasteiger partial charge in [0.1, 0.15) is 16.8 Å². The number of carbonyl (C=O) groups excluding carboxylic acids is 1. The van der Waals surface area contributed by atoms with Gasteiger partial charge >= 0.3 is 0 Å². The molecule has 1 unspecified atom stereocenters. The molecule has 2 aromatic rings. The first-order valence-electron chi connectivity index (χ1n) is 9.69. The molecule has 1 aliphatic rings. The van der Waals surface area contributed by atoms with Crippen molar-refractivity contribution in [2.24, 2.45) is 0 Å². The highest BCUT2D eigenvalue weighted by molar-refractivity contribution is 8.00. The summed E-state index contributed by atoms with van der Waals surface area (Å²) in [6.45, 7) is 1.97. The third kappa shape index (κ3) is 4.85. The van der Waals surface area contributed by atoms with Crippen LogP contribution in [0.1, 0.15) is 49.4 Å². The molecule has 0 saturated carbocycles. The van der Waals surface area contributed by atoms with Gasteiger partial charge in [-0.15, -0.1) is 0 Å². The number of nitrogens with zero attached hydrogens (tertiary/aromatic N) is 2. The summed E-state index contributed by atoms with van der Waals surface area (Å²) in [4.78, 5) is 17.6. The van der Waals surface area contributed by atoms with Crippen molar-refractivity contribution < 1.29 is 9.53 Å². The summed E-state index contributed by atoms with van der Waals surface area (Å²) in [5.41, 5.74) is 3.57. The fraction of sp³-hybridized carbons (Fsp3) is 0.409. The number of pyridine rings is 1. The van der Waals surface area contributed by atoms with E-state index in [1.807, 2.05) is 37.3 Å². The molecule has 1 aliphatic carbocycles. The number of nitrogens with one attached hydrogen (secondary N) is 1. The molecule has 1 aromatic heterocycles. The van der Waals surface area contributed by atoms with Gasteiger partial charge in [-0.25, -0.2) is 4.98 Å². The summed E-state index contributed by atoms with van der Waals surface area (Å²) in [5.74, 6) is 0.658. The number of rotatable bonds is 6. The second kappa shape index (κ2) is 9.61. The van der Waals surface area contributed by atoms with Gasteiger partial charge in [-0.1, -0.05) is 25.1 Å². The number of anilines is 1.